The van der Waals surface area contributed by atoms with Gasteiger partial charge in [-0.25, -0.2) is 0 Å². The van der Waals surface area contributed by atoms with Gasteiger partial charge in [-0.2, -0.15) is 0 Å². The van der Waals surface area contributed by atoms with Gasteiger partial charge in [-0.15, -0.1) is 0 Å². The van der Waals surface area contributed by atoms with Gasteiger partial charge in [0.1, 0.15) is 11.2 Å². The highest BCUT2D eigenvalue weighted by atomic mass is 16.3. The highest BCUT2D eigenvalue weighted by molar-refractivity contribution is 6.10. The molecule has 0 radical (unpaired) electrons. The Kier molecular flexibility index (Phi) is 7.11. The number of nitrogens with zero attached hydrogens (tertiary/aromatic N) is 1. The van der Waals surface area contributed by atoms with Crippen LogP contribution in [-0.4, -0.2) is 0 Å². The van der Waals surface area contributed by atoms with Crippen molar-refractivity contribution in [3.8, 4) is 22.3 Å². The van der Waals surface area contributed by atoms with Crippen molar-refractivity contribution in [2.75, 3.05) is 4.90 Å². The molecule has 0 atom stereocenters. The van der Waals surface area contributed by atoms with Crippen LogP contribution < -0.4 is 4.90 Å². The summed E-state index contributed by atoms with van der Waals surface area (Å²) in [6.07, 6.45) is 0. The number of para-hydroxylation sites is 2. The molecule has 11 rings (SSSR count). The molecule has 10 aromatic rings. The van der Waals surface area contributed by atoms with E-state index in [0.29, 0.717) is 0 Å². The Balaban J connectivity index is 1.22. The molecule has 0 saturated carbocycles. The van der Waals surface area contributed by atoms with E-state index in [-0.39, 0.29) is 0 Å². The second-order valence-electron chi connectivity index (χ2n) is 14.4. The number of hydrogen-bond donors (Lipinski definition) is 0. The first-order chi connectivity index (χ1) is 27.3. The zero-order valence-electron chi connectivity index (χ0n) is 30.1. The van der Waals surface area contributed by atoms with Crippen molar-refractivity contribution in [1.82, 2.24) is 0 Å². The molecule has 1 aliphatic carbocycles. The third kappa shape index (κ3) is 4.75. The van der Waals surface area contributed by atoms with Crippen molar-refractivity contribution in [1.29, 1.82) is 0 Å². The molecule has 0 amide bonds. The summed E-state index contributed by atoms with van der Waals surface area (Å²) in [6, 6.07) is 77.1. The average molecular weight is 702 g/mol. The van der Waals surface area contributed by atoms with Gasteiger partial charge in [-0.05, 0) is 104 Å². The zero-order valence-corrected chi connectivity index (χ0v) is 30.1. The van der Waals surface area contributed by atoms with Crippen LogP contribution in [0.5, 0.6) is 0 Å². The van der Waals surface area contributed by atoms with Crippen molar-refractivity contribution < 1.29 is 4.42 Å². The summed E-state index contributed by atoms with van der Waals surface area (Å²) in [5, 5.41) is 4.74. The van der Waals surface area contributed by atoms with Gasteiger partial charge >= 0.3 is 0 Å². The number of fused-ring (bicyclic) bond motifs is 8. The summed E-state index contributed by atoms with van der Waals surface area (Å²) in [5.41, 5.74) is 14.6. The van der Waals surface area contributed by atoms with Crippen LogP contribution in [0.3, 0.4) is 0 Å². The Morgan fingerprint density at radius 2 is 0.945 bits per heavy atom. The molecule has 0 N–H and O–H groups in total. The van der Waals surface area contributed by atoms with Gasteiger partial charge in [0, 0.05) is 27.8 Å². The Hall–Kier alpha value is -7.16. The number of hydrogen-bond acceptors (Lipinski definition) is 2. The van der Waals surface area contributed by atoms with Crippen LogP contribution in [0.25, 0.3) is 55.0 Å². The van der Waals surface area contributed by atoms with Gasteiger partial charge in [0.15, 0.2) is 0 Å². The third-order valence-electron chi connectivity index (χ3n) is 11.5. The minimum Gasteiger partial charge on any atom is -0.456 e. The number of benzene rings is 9. The molecule has 2 heteroatoms. The van der Waals surface area contributed by atoms with E-state index in [1.165, 1.54) is 55.3 Å². The predicted octanol–water partition coefficient (Wildman–Crippen LogP) is 14.2. The molecule has 2 nitrogen and oxygen atoms in total. The van der Waals surface area contributed by atoms with Crippen molar-refractivity contribution in [2.24, 2.45) is 0 Å². The first-order valence-corrected chi connectivity index (χ1v) is 18.9. The van der Waals surface area contributed by atoms with Crippen molar-refractivity contribution in [2.45, 2.75) is 5.41 Å². The maximum absolute atomic E-state index is 6.27. The lowest BCUT2D eigenvalue weighted by Crippen LogP contribution is -2.28. The molecular weight excluding hydrogens is 667 g/mol. The van der Waals surface area contributed by atoms with Crippen molar-refractivity contribution in [3.63, 3.8) is 0 Å². The van der Waals surface area contributed by atoms with Crippen molar-refractivity contribution >= 4 is 49.8 Å². The van der Waals surface area contributed by atoms with E-state index in [0.717, 1.165) is 39.0 Å². The lowest BCUT2D eigenvalue weighted by Gasteiger charge is -2.35. The van der Waals surface area contributed by atoms with Crippen LogP contribution in [0.15, 0.2) is 217 Å². The topological polar surface area (TPSA) is 16.4 Å². The number of furan rings is 1. The van der Waals surface area contributed by atoms with E-state index in [4.69, 9.17) is 4.42 Å². The third-order valence-corrected chi connectivity index (χ3v) is 11.5. The first-order valence-electron chi connectivity index (χ1n) is 18.9. The van der Waals surface area contributed by atoms with Crippen LogP contribution in [0.2, 0.25) is 0 Å². The summed E-state index contributed by atoms with van der Waals surface area (Å²) in [6.45, 7) is 0. The zero-order chi connectivity index (χ0) is 36.3. The van der Waals surface area contributed by atoms with Crippen LogP contribution in [-0.2, 0) is 5.41 Å². The first kappa shape index (κ1) is 31.4. The van der Waals surface area contributed by atoms with E-state index in [1.54, 1.807) is 0 Å². The molecular formula is C53H35NO. The minimum atomic E-state index is -0.562. The molecule has 0 fully saturated rings. The van der Waals surface area contributed by atoms with Crippen molar-refractivity contribution in [3.05, 3.63) is 235 Å². The molecule has 0 unspecified atom stereocenters. The molecule has 9 aromatic carbocycles. The number of anilines is 3. The van der Waals surface area contributed by atoms with E-state index in [1.807, 2.05) is 12.1 Å². The van der Waals surface area contributed by atoms with Crippen LogP contribution in [0, 0.1) is 0 Å². The minimum absolute atomic E-state index is 0.562. The van der Waals surface area contributed by atoms with E-state index >= 15 is 0 Å². The highest BCUT2D eigenvalue weighted by Gasteiger charge is 2.47. The Labute approximate surface area is 320 Å². The fourth-order valence-corrected chi connectivity index (χ4v) is 9.22. The second-order valence-corrected chi connectivity index (χ2v) is 14.4. The summed E-state index contributed by atoms with van der Waals surface area (Å²) in [4.78, 5) is 2.39. The highest BCUT2D eigenvalue weighted by Crippen LogP contribution is 2.59. The van der Waals surface area contributed by atoms with Crippen LogP contribution in [0.4, 0.5) is 17.1 Å². The maximum atomic E-state index is 6.27. The molecule has 55 heavy (non-hydrogen) atoms. The fraction of sp³-hybridized carbons (Fsp3) is 0.0189. The van der Waals surface area contributed by atoms with Gasteiger partial charge < -0.3 is 9.32 Å². The van der Waals surface area contributed by atoms with Gasteiger partial charge in [-0.1, -0.05) is 164 Å². The molecule has 1 heterocycles. The normalized spacial score (nSPS) is 12.9. The summed E-state index contributed by atoms with van der Waals surface area (Å²) < 4.78 is 6.27. The Morgan fingerprint density at radius 3 is 1.69 bits per heavy atom. The average Bonchev–Trinajstić information content (AvgIpc) is 3.78. The molecule has 0 spiro atoms. The largest absolute Gasteiger partial charge is 0.456 e. The molecule has 258 valence electrons. The SMILES string of the molecule is c1ccc(-c2cccc3c4c(ccc23)C(c2ccccc2)(c2ccccc2)c2cc(N(c3ccccc3)c3ccc5oc6ccccc6c5c3)ccc2-4)cc1. The predicted molar refractivity (Wildman–Crippen MR) is 229 cm³/mol. The quantitative estimate of drug-likeness (QED) is 0.172. The van der Waals surface area contributed by atoms with Gasteiger partial charge in [0.2, 0.25) is 0 Å². The summed E-state index contributed by atoms with van der Waals surface area (Å²) in [7, 11) is 0. The summed E-state index contributed by atoms with van der Waals surface area (Å²) in [5.74, 6) is 0. The molecule has 0 bridgehead atoms. The Bertz CT molecular complexity index is 2980. The Morgan fingerprint density at radius 1 is 0.345 bits per heavy atom. The molecule has 0 aliphatic heterocycles. The monoisotopic (exact) mass is 701 g/mol. The smallest absolute Gasteiger partial charge is 0.135 e. The van der Waals surface area contributed by atoms with Crippen LogP contribution >= 0.6 is 0 Å². The maximum Gasteiger partial charge on any atom is 0.135 e. The second kappa shape index (κ2) is 12.5. The number of rotatable bonds is 6. The van der Waals surface area contributed by atoms with E-state index < -0.39 is 5.41 Å². The fourth-order valence-electron chi connectivity index (χ4n) is 9.22. The van der Waals surface area contributed by atoms with Crippen LogP contribution in [0.1, 0.15) is 22.3 Å². The lowest BCUT2D eigenvalue weighted by atomic mass is 9.67. The van der Waals surface area contributed by atoms with Gasteiger partial charge in [-0.3, -0.25) is 0 Å². The van der Waals surface area contributed by atoms with E-state index in [9.17, 15) is 0 Å². The molecule has 1 aromatic heterocycles. The molecule has 0 saturated heterocycles. The molecule has 1 aliphatic rings. The summed E-state index contributed by atoms with van der Waals surface area (Å²) >= 11 is 0. The van der Waals surface area contributed by atoms with Gasteiger partial charge in [0.05, 0.1) is 5.41 Å². The lowest BCUT2D eigenvalue weighted by molar-refractivity contribution is 0.669. The van der Waals surface area contributed by atoms with Gasteiger partial charge in [0.25, 0.3) is 0 Å². The van der Waals surface area contributed by atoms with E-state index in [2.05, 4.69) is 205 Å². The standard InChI is InChI=1S/C53H35NO/c1-5-16-36(17-6-1)42-25-15-26-45-43(42)31-32-48-52(45)46-30-28-41(35-49(46)53(48,37-18-7-2-8-19-37)38-20-9-3-10-21-38)54(39-22-11-4-12-23-39)40-29-33-51-47(34-40)44-24-13-14-27-50(44)55-51/h1-35H.